The van der Waals surface area contributed by atoms with Gasteiger partial charge in [-0.3, -0.25) is 4.98 Å². The summed E-state index contributed by atoms with van der Waals surface area (Å²) in [6, 6.07) is 8.83. The maximum atomic E-state index is 13.7. The van der Waals surface area contributed by atoms with Crippen LogP contribution in [0.15, 0.2) is 24.3 Å². The van der Waals surface area contributed by atoms with Crippen molar-refractivity contribution in [1.82, 2.24) is 4.98 Å². The van der Waals surface area contributed by atoms with E-state index in [0.29, 0.717) is 24.9 Å². The number of alkyl halides is 1. The van der Waals surface area contributed by atoms with Crippen molar-refractivity contribution in [3.8, 4) is 11.1 Å². The minimum Gasteiger partial charge on any atom is -0.412 e. The minimum absolute atomic E-state index is 0.140. The second-order valence-electron chi connectivity index (χ2n) is 13.4. The van der Waals surface area contributed by atoms with Crippen LogP contribution in [0.3, 0.4) is 0 Å². The summed E-state index contributed by atoms with van der Waals surface area (Å²) in [4.78, 5) is 5.40. The van der Waals surface area contributed by atoms with E-state index in [1.54, 1.807) is 6.92 Å². The quantitative estimate of drug-likeness (QED) is 0.175. The number of hydrogen-bond acceptors (Lipinski definition) is 2. The number of benzene rings is 1. The number of aryl methyl sites for hydroxylation is 1. The lowest BCUT2D eigenvalue weighted by Gasteiger charge is -2.37. The van der Waals surface area contributed by atoms with Crippen LogP contribution in [-0.2, 0) is 23.9 Å². The maximum Gasteiger partial charge on any atom is 0.192 e. The zero-order chi connectivity index (χ0) is 28.7. The van der Waals surface area contributed by atoms with Gasteiger partial charge in [0, 0.05) is 17.0 Å². The monoisotopic (exact) mass is 541 g/mol. The Labute approximate surface area is 235 Å². The van der Waals surface area contributed by atoms with Gasteiger partial charge >= 0.3 is 0 Å². The highest BCUT2D eigenvalue weighted by Crippen LogP contribution is 2.42. The van der Waals surface area contributed by atoms with E-state index < -0.39 is 14.5 Å². The molecule has 2 nitrogen and oxygen atoms in total. The number of unbranched alkanes of at least 4 members (excludes halogenated alkanes) is 2. The molecule has 1 atom stereocenters. The SMILES string of the molecule is CCCCCc1c(C(C)C)nc(C(C)C)c(CO[Si](C)(C)C(C)(C)C)c1-c1ccccc1CCCC(C)F. The second kappa shape index (κ2) is 14.2. The summed E-state index contributed by atoms with van der Waals surface area (Å²) in [5.41, 5.74) is 9.05. The molecule has 1 unspecified atom stereocenters. The average molecular weight is 542 g/mol. The Morgan fingerprint density at radius 1 is 0.868 bits per heavy atom. The van der Waals surface area contributed by atoms with Crippen molar-refractivity contribution in [1.29, 1.82) is 0 Å². The van der Waals surface area contributed by atoms with Gasteiger partial charge in [-0.2, -0.15) is 0 Å². The first-order valence-corrected chi connectivity index (χ1v) is 18.0. The maximum absolute atomic E-state index is 13.7. The Morgan fingerprint density at radius 3 is 2.03 bits per heavy atom. The van der Waals surface area contributed by atoms with Gasteiger partial charge in [-0.25, -0.2) is 4.39 Å². The number of aromatic nitrogens is 1. The Bertz CT molecular complexity index is 1020. The van der Waals surface area contributed by atoms with Gasteiger partial charge in [0.1, 0.15) is 0 Å². The largest absolute Gasteiger partial charge is 0.412 e. The Kier molecular flexibility index (Phi) is 12.2. The molecule has 0 radical (unpaired) electrons. The number of nitrogens with zero attached hydrogens (tertiary/aromatic N) is 1. The zero-order valence-electron chi connectivity index (χ0n) is 26.4. The van der Waals surface area contributed by atoms with Gasteiger partial charge in [0.2, 0.25) is 0 Å². The molecule has 38 heavy (non-hydrogen) atoms. The summed E-state index contributed by atoms with van der Waals surface area (Å²) in [6.07, 6.45) is 6.19. The Morgan fingerprint density at radius 2 is 1.47 bits per heavy atom. The third-order valence-corrected chi connectivity index (χ3v) is 12.8. The summed E-state index contributed by atoms with van der Waals surface area (Å²) < 4.78 is 20.6. The molecule has 0 fully saturated rings. The van der Waals surface area contributed by atoms with E-state index in [2.05, 4.69) is 92.7 Å². The highest BCUT2D eigenvalue weighted by atomic mass is 28.4. The number of rotatable bonds is 14. The van der Waals surface area contributed by atoms with Gasteiger partial charge in [-0.15, -0.1) is 0 Å². The predicted molar refractivity (Wildman–Crippen MR) is 167 cm³/mol. The minimum atomic E-state index is -1.97. The van der Waals surface area contributed by atoms with E-state index in [1.165, 1.54) is 52.0 Å². The topological polar surface area (TPSA) is 22.1 Å². The van der Waals surface area contributed by atoms with Gasteiger partial charge in [-0.1, -0.05) is 92.5 Å². The van der Waals surface area contributed by atoms with Gasteiger partial charge < -0.3 is 4.43 Å². The van der Waals surface area contributed by atoms with Crippen LogP contribution in [0, 0.1) is 0 Å². The van der Waals surface area contributed by atoms with Crippen LogP contribution in [0.5, 0.6) is 0 Å². The van der Waals surface area contributed by atoms with Crippen molar-refractivity contribution in [2.75, 3.05) is 0 Å². The van der Waals surface area contributed by atoms with Gasteiger partial charge in [-0.05, 0) is 91.2 Å². The molecular formula is C34H56FNOSi. The Balaban J connectivity index is 2.85. The molecular weight excluding hydrogens is 485 g/mol. The van der Waals surface area contributed by atoms with Crippen LogP contribution >= 0.6 is 0 Å². The molecule has 1 aromatic carbocycles. The molecule has 2 aromatic rings. The van der Waals surface area contributed by atoms with Crippen molar-refractivity contribution in [2.45, 2.75) is 150 Å². The summed E-state index contributed by atoms with van der Waals surface area (Å²) in [6.45, 7) is 25.2. The Hall–Kier alpha value is -1.52. The fourth-order valence-corrected chi connectivity index (χ4v) is 5.90. The van der Waals surface area contributed by atoms with E-state index in [9.17, 15) is 4.39 Å². The molecule has 0 aliphatic carbocycles. The van der Waals surface area contributed by atoms with Gasteiger partial charge in [0.15, 0.2) is 8.32 Å². The summed E-state index contributed by atoms with van der Waals surface area (Å²) in [7, 11) is -1.97. The third-order valence-electron chi connectivity index (χ3n) is 8.31. The van der Waals surface area contributed by atoms with Crippen molar-refractivity contribution < 1.29 is 8.82 Å². The average Bonchev–Trinajstić information content (AvgIpc) is 2.81. The number of hydrogen-bond donors (Lipinski definition) is 0. The van der Waals surface area contributed by atoms with Gasteiger partial charge in [0.05, 0.1) is 12.8 Å². The lowest BCUT2D eigenvalue weighted by molar-refractivity contribution is 0.274. The first-order valence-electron chi connectivity index (χ1n) is 15.1. The van der Waals surface area contributed by atoms with Crippen LogP contribution < -0.4 is 0 Å². The molecule has 0 N–H and O–H groups in total. The lowest BCUT2D eigenvalue weighted by Crippen LogP contribution is -2.40. The van der Waals surface area contributed by atoms with Crippen molar-refractivity contribution in [2.24, 2.45) is 0 Å². The smallest absolute Gasteiger partial charge is 0.192 e. The van der Waals surface area contributed by atoms with Crippen molar-refractivity contribution in [3.63, 3.8) is 0 Å². The second-order valence-corrected chi connectivity index (χ2v) is 18.2. The molecule has 0 saturated carbocycles. The molecule has 4 heteroatoms. The fraction of sp³-hybridized carbons (Fsp3) is 0.676. The molecule has 1 aromatic heterocycles. The molecule has 0 aliphatic rings. The van der Waals surface area contributed by atoms with E-state index in [-0.39, 0.29) is 5.04 Å². The predicted octanol–water partition coefficient (Wildman–Crippen LogP) is 10.9. The van der Waals surface area contributed by atoms with Crippen LogP contribution in [0.2, 0.25) is 18.1 Å². The van der Waals surface area contributed by atoms with Crippen LogP contribution in [0.25, 0.3) is 11.1 Å². The van der Waals surface area contributed by atoms with E-state index >= 15 is 0 Å². The summed E-state index contributed by atoms with van der Waals surface area (Å²) in [5, 5.41) is 0.140. The standard InChI is InChI=1S/C34H56FNOSi/c1-12-13-14-22-29-31(28-21-16-15-19-27(28)20-17-18-26(6)35)30(23-37-38(10,11)34(7,8)9)33(25(4)5)36-32(29)24(2)3/h15-16,19,21,24-26H,12-14,17-18,20,22-23H2,1-11H3. The summed E-state index contributed by atoms with van der Waals surface area (Å²) >= 11 is 0. The molecule has 0 amide bonds. The molecule has 0 bridgehead atoms. The molecule has 0 spiro atoms. The molecule has 0 aliphatic heterocycles. The first-order chi connectivity index (χ1) is 17.7. The fourth-order valence-electron chi connectivity index (χ4n) is 4.96. The molecule has 214 valence electrons. The van der Waals surface area contributed by atoms with Crippen LogP contribution in [-0.4, -0.2) is 19.5 Å². The number of halogens is 1. The van der Waals surface area contributed by atoms with Crippen LogP contribution in [0.4, 0.5) is 4.39 Å². The van der Waals surface area contributed by atoms with Gasteiger partial charge in [0.25, 0.3) is 0 Å². The number of pyridine rings is 1. The van der Waals surface area contributed by atoms with E-state index in [4.69, 9.17) is 9.41 Å². The van der Waals surface area contributed by atoms with E-state index in [0.717, 1.165) is 25.7 Å². The normalized spacial score (nSPS) is 13.5. The lowest BCUT2D eigenvalue weighted by atomic mass is 9.83. The third kappa shape index (κ3) is 8.49. The first kappa shape index (κ1) is 32.7. The molecule has 0 saturated heterocycles. The molecule has 2 rings (SSSR count). The van der Waals surface area contributed by atoms with Crippen LogP contribution in [0.1, 0.15) is 134 Å². The zero-order valence-corrected chi connectivity index (χ0v) is 27.4. The highest BCUT2D eigenvalue weighted by molar-refractivity contribution is 6.74. The van der Waals surface area contributed by atoms with Crippen molar-refractivity contribution >= 4 is 8.32 Å². The van der Waals surface area contributed by atoms with Crippen molar-refractivity contribution in [3.05, 3.63) is 52.3 Å². The summed E-state index contributed by atoms with van der Waals surface area (Å²) in [5.74, 6) is 0.645. The highest BCUT2D eigenvalue weighted by Gasteiger charge is 2.38. The molecule has 1 heterocycles. The van der Waals surface area contributed by atoms with E-state index in [1.807, 2.05) is 0 Å².